The predicted octanol–water partition coefficient (Wildman–Crippen LogP) is 4.03. The first-order valence-corrected chi connectivity index (χ1v) is 5.31. The average molecular weight is 235 g/mol. The monoisotopic (exact) mass is 234 g/mol. The Labute approximate surface area is 98.8 Å². The minimum absolute atomic E-state index is 0.337. The van der Waals surface area contributed by atoms with Crippen molar-refractivity contribution in [2.24, 2.45) is 0 Å². The third kappa shape index (κ3) is 1.89. The quantitative estimate of drug-likeness (QED) is 0.735. The van der Waals surface area contributed by atoms with Crippen molar-refractivity contribution in [3.8, 4) is 11.1 Å². The van der Waals surface area contributed by atoms with Gasteiger partial charge in [0.25, 0.3) is 0 Å². The maximum Gasteiger partial charge on any atom is 0.185 e. The van der Waals surface area contributed by atoms with Crippen LogP contribution in [-0.4, -0.2) is 6.29 Å². The molecule has 2 rings (SSSR count). The van der Waals surface area contributed by atoms with Gasteiger partial charge in [-0.3, -0.25) is 4.79 Å². The molecule has 2 aromatic rings. The minimum Gasteiger partial charge on any atom is -0.458 e. The Balaban J connectivity index is 2.53. The number of hydrogen-bond acceptors (Lipinski definition) is 2. The molecule has 2 nitrogen and oxygen atoms in total. The summed E-state index contributed by atoms with van der Waals surface area (Å²) < 4.78 is 5.28. The first-order chi connectivity index (χ1) is 7.61. The lowest BCUT2D eigenvalue weighted by Crippen LogP contribution is -1.80. The van der Waals surface area contributed by atoms with Gasteiger partial charge in [0, 0.05) is 10.6 Å². The number of carbonyl (C=O) groups excluding carboxylic acids is 1. The zero-order valence-corrected chi connectivity index (χ0v) is 9.84. The van der Waals surface area contributed by atoms with E-state index in [0.29, 0.717) is 17.1 Å². The van der Waals surface area contributed by atoms with Gasteiger partial charge in [-0.05, 0) is 37.1 Å². The van der Waals surface area contributed by atoms with Crippen LogP contribution < -0.4 is 0 Å². The number of aryl methyl sites for hydroxylation is 2. The van der Waals surface area contributed by atoms with E-state index in [1.54, 1.807) is 6.07 Å². The molecular weight excluding hydrogens is 224 g/mol. The fourth-order valence-electron chi connectivity index (χ4n) is 1.61. The van der Waals surface area contributed by atoms with Gasteiger partial charge in [0.1, 0.15) is 5.76 Å². The highest BCUT2D eigenvalue weighted by molar-refractivity contribution is 6.31. The number of halogens is 1. The molecule has 0 amide bonds. The summed E-state index contributed by atoms with van der Waals surface area (Å²) in [6.45, 7) is 3.78. The van der Waals surface area contributed by atoms with Gasteiger partial charge in [0.05, 0.1) is 0 Å². The smallest absolute Gasteiger partial charge is 0.185 e. The van der Waals surface area contributed by atoms with Gasteiger partial charge in [-0.1, -0.05) is 23.7 Å². The molecule has 3 heteroatoms. The molecule has 0 atom stereocenters. The van der Waals surface area contributed by atoms with Gasteiger partial charge in [-0.25, -0.2) is 0 Å². The van der Waals surface area contributed by atoms with Gasteiger partial charge >= 0.3 is 0 Å². The summed E-state index contributed by atoms with van der Waals surface area (Å²) >= 11 is 6.06. The molecule has 0 radical (unpaired) electrons. The van der Waals surface area contributed by atoms with Crippen molar-refractivity contribution in [1.82, 2.24) is 0 Å². The second-order valence-electron chi connectivity index (χ2n) is 3.70. The van der Waals surface area contributed by atoms with Crippen molar-refractivity contribution in [2.75, 3.05) is 0 Å². The molecule has 0 bridgehead atoms. The van der Waals surface area contributed by atoms with Crippen molar-refractivity contribution in [3.05, 3.63) is 46.4 Å². The normalized spacial score (nSPS) is 10.4. The lowest BCUT2D eigenvalue weighted by atomic mass is 10.0. The molecule has 0 saturated carbocycles. The predicted molar refractivity (Wildman–Crippen MR) is 64.0 cm³/mol. The summed E-state index contributed by atoms with van der Waals surface area (Å²) in [6, 6.07) is 7.52. The Bertz CT molecular complexity index is 541. The Morgan fingerprint density at radius 3 is 2.56 bits per heavy atom. The largest absolute Gasteiger partial charge is 0.458 e. The van der Waals surface area contributed by atoms with Gasteiger partial charge in [-0.2, -0.15) is 0 Å². The topological polar surface area (TPSA) is 30.2 Å². The lowest BCUT2D eigenvalue weighted by Gasteiger charge is -2.02. The molecule has 0 aliphatic carbocycles. The summed E-state index contributed by atoms with van der Waals surface area (Å²) in [4.78, 5) is 10.6. The standard InChI is InChI=1S/C13H11ClO2/c1-8-3-4-10(5-13(8)14)12-6-11(7-15)16-9(12)2/h3-7H,1-2H3. The third-order valence-corrected chi connectivity index (χ3v) is 2.94. The van der Waals surface area contributed by atoms with E-state index in [2.05, 4.69) is 0 Å². The zero-order chi connectivity index (χ0) is 11.7. The van der Waals surface area contributed by atoms with E-state index in [0.717, 1.165) is 22.5 Å². The number of rotatable bonds is 2. The molecule has 82 valence electrons. The van der Waals surface area contributed by atoms with Crippen molar-refractivity contribution in [3.63, 3.8) is 0 Å². The molecule has 0 aliphatic rings. The van der Waals surface area contributed by atoms with Crippen LogP contribution in [0.5, 0.6) is 0 Å². The molecule has 1 aromatic carbocycles. The maximum atomic E-state index is 10.6. The number of carbonyl (C=O) groups is 1. The SMILES string of the molecule is Cc1ccc(-c2cc(C=O)oc2C)cc1Cl. The Hall–Kier alpha value is -1.54. The molecule has 0 unspecified atom stereocenters. The number of benzene rings is 1. The minimum atomic E-state index is 0.337. The van der Waals surface area contributed by atoms with Crippen LogP contribution in [0.1, 0.15) is 21.9 Å². The summed E-state index contributed by atoms with van der Waals surface area (Å²) in [5, 5.41) is 0.714. The van der Waals surface area contributed by atoms with Crippen LogP contribution in [0.15, 0.2) is 28.7 Å². The molecule has 0 saturated heterocycles. The molecule has 1 aromatic heterocycles. The molecule has 0 aliphatic heterocycles. The van der Waals surface area contributed by atoms with E-state index < -0.39 is 0 Å². The van der Waals surface area contributed by atoms with Crippen molar-refractivity contribution < 1.29 is 9.21 Å². The summed E-state index contributed by atoms with van der Waals surface area (Å²) in [7, 11) is 0. The molecule has 0 fully saturated rings. The van der Waals surface area contributed by atoms with Crippen LogP contribution in [0.3, 0.4) is 0 Å². The third-order valence-electron chi connectivity index (χ3n) is 2.54. The van der Waals surface area contributed by atoms with Crippen LogP contribution in [-0.2, 0) is 0 Å². The first-order valence-electron chi connectivity index (χ1n) is 4.94. The van der Waals surface area contributed by atoms with Crippen LogP contribution >= 0.6 is 11.6 Å². The van der Waals surface area contributed by atoms with Crippen molar-refractivity contribution in [1.29, 1.82) is 0 Å². The van der Waals surface area contributed by atoms with E-state index in [4.69, 9.17) is 16.0 Å². The van der Waals surface area contributed by atoms with Crippen molar-refractivity contribution in [2.45, 2.75) is 13.8 Å². The zero-order valence-electron chi connectivity index (χ0n) is 9.08. The molecule has 0 spiro atoms. The number of furan rings is 1. The summed E-state index contributed by atoms with van der Waals surface area (Å²) in [5.41, 5.74) is 2.90. The number of hydrogen-bond donors (Lipinski definition) is 0. The molecule has 16 heavy (non-hydrogen) atoms. The van der Waals surface area contributed by atoms with Gasteiger partial charge in [0.2, 0.25) is 0 Å². The van der Waals surface area contributed by atoms with Crippen molar-refractivity contribution >= 4 is 17.9 Å². The highest BCUT2D eigenvalue weighted by atomic mass is 35.5. The van der Waals surface area contributed by atoms with Crippen LogP contribution in [0.2, 0.25) is 5.02 Å². The Morgan fingerprint density at radius 2 is 2.00 bits per heavy atom. The fraction of sp³-hybridized carbons (Fsp3) is 0.154. The fourth-order valence-corrected chi connectivity index (χ4v) is 1.79. The van der Waals surface area contributed by atoms with Crippen LogP contribution in [0.4, 0.5) is 0 Å². The highest BCUT2D eigenvalue weighted by Gasteiger charge is 2.09. The second kappa shape index (κ2) is 4.14. The Kier molecular flexibility index (Phi) is 2.84. The second-order valence-corrected chi connectivity index (χ2v) is 4.11. The summed E-state index contributed by atoms with van der Waals surface area (Å²) in [6.07, 6.45) is 0.701. The first kappa shape index (κ1) is 11.0. The van der Waals surface area contributed by atoms with Crippen LogP contribution in [0.25, 0.3) is 11.1 Å². The van der Waals surface area contributed by atoms with Crippen LogP contribution in [0, 0.1) is 13.8 Å². The number of aldehydes is 1. The Morgan fingerprint density at radius 1 is 1.25 bits per heavy atom. The van der Waals surface area contributed by atoms with E-state index in [-0.39, 0.29) is 0 Å². The van der Waals surface area contributed by atoms with Gasteiger partial charge in [0.15, 0.2) is 12.0 Å². The average Bonchev–Trinajstić information content (AvgIpc) is 2.64. The molecular formula is C13H11ClO2. The molecule has 1 heterocycles. The van der Waals surface area contributed by atoms with Gasteiger partial charge < -0.3 is 4.42 Å². The lowest BCUT2D eigenvalue weighted by molar-refractivity contribution is 0.109. The van der Waals surface area contributed by atoms with E-state index >= 15 is 0 Å². The van der Waals surface area contributed by atoms with Gasteiger partial charge in [-0.15, -0.1) is 0 Å². The molecule has 0 N–H and O–H groups in total. The van der Waals surface area contributed by atoms with E-state index in [9.17, 15) is 4.79 Å². The highest BCUT2D eigenvalue weighted by Crippen LogP contribution is 2.29. The van der Waals surface area contributed by atoms with E-state index in [1.165, 1.54) is 0 Å². The maximum absolute atomic E-state index is 10.6. The van der Waals surface area contributed by atoms with E-state index in [1.807, 2.05) is 32.0 Å². The summed E-state index contributed by atoms with van der Waals surface area (Å²) in [5.74, 6) is 1.06.